The molecule has 4 heteroatoms. The first-order chi connectivity index (χ1) is 8.59. The summed E-state index contributed by atoms with van der Waals surface area (Å²) in [5, 5.41) is 5.62. The van der Waals surface area contributed by atoms with Crippen LogP contribution in [-0.2, 0) is 0 Å². The van der Waals surface area contributed by atoms with E-state index in [-0.39, 0.29) is 0 Å². The standard InChI is InChI=1S/C14H6Br2Cl2/c15-10-5-6-12(17)13-7-3-4-11(16)14(18)8(7)1-2-9(10)13/h1-6H. The molecule has 3 rings (SSSR count). The van der Waals surface area contributed by atoms with Gasteiger partial charge < -0.3 is 0 Å². The van der Waals surface area contributed by atoms with Gasteiger partial charge in [0.05, 0.1) is 5.02 Å². The molecule has 3 aromatic rings. The van der Waals surface area contributed by atoms with E-state index in [1.165, 1.54) is 0 Å². The third kappa shape index (κ3) is 1.87. The Kier molecular flexibility index (Phi) is 3.31. The van der Waals surface area contributed by atoms with Crippen molar-refractivity contribution in [3.63, 3.8) is 0 Å². The lowest BCUT2D eigenvalue weighted by atomic mass is 10.0. The van der Waals surface area contributed by atoms with E-state index in [2.05, 4.69) is 31.9 Å². The summed E-state index contributed by atoms with van der Waals surface area (Å²) in [4.78, 5) is 0. The predicted molar refractivity (Wildman–Crippen MR) is 86.9 cm³/mol. The van der Waals surface area contributed by atoms with Gasteiger partial charge in [-0.25, -0.2) is 0 Å². The Labute approximate surface area is 131 Å². The Balaban J connectivity index is 2.62. The summed E-state index contributed by atoms with van der Waals surface area (Å²) < 4.78 is 1.92. The highest BCUT2D eigenvalue weighted by Gasteiger charge is 2.10. The number of hydrogen-bond donors (Lipinski definition) is 0. The molecule has 0 fully saturated rings. The van der Waals surface area contributed by atoms with Crippen LogP contribution >= 0.6 is 55.1 Å². The molecule has 0 atom stereocenters. The quantitative estimate of drug-likeness (QED) is 0.360. The number of benzene rings is 3. The molecule has 0 aliphatic rings. The molecule has 0 saturated carbocycles. The van der Waals surface area contributed by atoms with Crippen molar-refractivity contribution in [3.05, 3.63) is 55.4 Å². The lowest BCUT2D eigenvalue weighted by molar-refractivity contribution is 1.70. The van der Waals surface area contributed by atoms with Crippen molar-refractivity contribution in [2.75, 3.05) is 0 Å². The van der Waals surface area contributed by atoms with Crippen LogP contribution in [-0.4, -0.2) is 0 Å². The molecular formula is C14H6Br2Cl2. The van der Waals surface area contributed by atoms with Crippen LogP contribution < -0.4 is 0 Å². The molecule has 3 aromatic carbocycles. The molecule has 0 unspecified atom stereocenters. The van der Waals surface area contributed by atoms with Gasteiger partial charge in [0.1, 0.15) is 0 Å². The highest BCUT2D eigenvalue weighted by Crippen LogP contribution is 2.39. The summed E-state index contributed by atoms with van der Waals surface area (Å²) in [6.07, 6.45) is 0. The number of fused-ring (bicyclic) bond motifs is 3. The van der Waals surface area contributed by atoms with Gasteiger partial charge in [0.15, 0.2) is 0 Å². The molecule has 0 radical (unpaired) electrons. The monoisotopic (exact) mass is 402 g/mol. The molecule has 0 aliphatic heterocycles. The van der Waals surface area contributed by atoms with Gasteiger partial charge in [-0.05, 0) is 44.9 Å². The third-order valence-electron chi connectivity index (χ3n) is 2.96. The van der Waals surface area contributed by atoms with E-state index in [4.69, 9.17) is 23.2 Å². The van der Waals surface area contributed by atoms with Crippen LogP contribution in [0.25, 0.3) is 21.5 Å². The summed E-state index contributed by atoms with van der Waals surface area (Å²) >= 11 is 19.6. The molecule has 0 amide bonds. The highest BCUT2D eigenvalue weighted by atomic mass is 79.9. The van der Waals surface area contributed by atoms with Crippen LogP contribution in [0, 0.1) is 0 Å². The maximum atomic E-state index is 6.32. The second-order valence-corrected chi connectivity index (χ2v) is 6.47. The maximum Gasteiger partial charge on any atom is 0.0626 e. The normalized spacial score (nSPS) is 11.3. The summed E-state index contributed by atoms with van der Waals surface area (Å²) in [5.41, 5.74) is 0. The fourth-order valence-electron chi connectivity index (χ4n) is 2.12. The second-order valence-electron chi connectivity index (χ2n) is 3.97. The lowest BCUT2D eigenvalue weighted by Crippen LogP contribution is -1.82. The van der Waals surface area contributed by atoms with Gasteiger partial charge in [-0.15, -0.1) is 0 Å². The van der Waals surface area contributed by atoms with E-state index < -0.39 is 0 Å². The van der Waals surface area contributed by atoms with Crippen LogP contribution in [0.2, 0.25) is 10.0 Å². The Morgan fingerprint density at radius 3 is 2.06 bits per heavy atom. The summed E-state index contributed by atoms with van der Waals surface area (Å²) in [6.45, 7) is 0. The minimum atomic E-state index is 0.713. The van der Waals surface area contributed by atoms with Crippen molar-refractivity contribution in [2.24, 2.45) is 0 Å². The second kappa shape index (κ2) is 4.68. The molecule has 0 N–H and O–H groups in total. The van der Waals surface area contributed by atoms with Gasteiger partial charge in [-0.2, -0.15) is 0 Å². The Bertz CT molecular complexity index is 782. The average Bonchev–Trinajstić information content (AvgIpc) is 2.37. The first kappa shape index (κ1) is 12.7. The number of halogens is 4. The lowest BCUT2D eigenvalue weighted by Gasteiger charge is -2.09. The van der Waals surface area contributed by atoms with Crippen LogP contribution in [0.5, 0.6) is 0 Å². The maximum absolute atomic E-state index is 6.32. The van der Waals surface area contributed by atoms with Gasteiger partial charge in [-0.3, -0.25) is 0 Å². The third-order valence-corrected chi connectivity index (χ3v) is 5.26. The number of rotatable bonds is 0. The smallest absolute Gasteiger partial charge is 0.0626 e. The minimum Gasteiger partial charge on any atom is -0.0836 e. The van der Waals surface area contributed by atoms with Crippen LogP contribution in [0.1, 0.15) is 0 Å². The van der Waals surface area contributed by atoms with Crippen molar-refractivity contribution in [1.82, 2.24) is 0 Å². The van der Waals surface area contributed by atoms with Gasteiger partial charge in [-0.1, -0.05) is 57.3 Å². The van der Waals surface area contributed by atoms with Gasteiger partial charge in [0.2, 0.25) is 0 Å². The van der Waals surface area contributed by atoms with Crippen LogP contribution in [0.15, 0.2) is 45.3 Å². The van der Waals surface area contributed by atoms with Crippen molar-refractivity contribution < 1.29 is 0 Å². The van der Waals surface area contributed by atoms with Gasteiger partial charge >= 0.3 is 0 Å². The van der Waals surface area contributed by atoms with E-state index in [0.29, 0.717) is 5.02 Å². The zero-order valence-electron chi connectivity index (χ0n) is 8.98. The SMILES string of the molecule is Clc1c(Br)ccc2c1ccc1c(Br)ccc(Cl)c12. The van der Waals surface area contributed by atoms with Crippen LogP contribution in [0.4, 0.5) is 0 Å². The average molecular weight is 405 g/mol. The molecule has 0 nitrogen and oxygen atoms in total. The van der Waals surface area contributed by atoms with Crippen molar-refractivity contribution >= 4 is 76.6 Å². The fraction of sp³-hybridized carbons (Fsp3) is 0. The molecule has 18 heavy (non-hydrogen) atoms. The van der Waals surface area contributed by atoms with Crippen molar-refractivity contribution in [3.8, 4) is 0 Å². The molecule has 0 aromatic heterocycles. The summed E-state index contributed by atoms with van der Waals surface area (Å²) in [7, 11) is 0. The molecule has 90 valence electrons. The molecule has 0 bridgehead atoms. The molecule has 0 spiro atoms. The Morgan fingerprint density at radius 1 is 0.667 bits per heavy atom. The van der Waals surface area contributed by atoms with Gasteiger partial charge in [0, 0.05) is 24.7 Å². The first-order valence-electron chi connectivity index (χ1n) is 5.24. The van der Waals surface area contributed by atoms with E-state index in [0.717, 1.165) is 35.5 Å². The largest absolute Gasteiger partial charge is 0.0836 e. The van der Waals surface area contributed by atoms with E-state index in [1.807, 2.05) is 36.4 Å². The summed E-state index contributed by atoms with van der Waals surface area (Å²) in [5.74, 6) is 0. The molecular weight excluding hydrogens is 399 g/mol. The Hall–Kier alpha value is -0.280. The number of hydrogen-bond acceptors (Lipinski definition) is 0. The van der Waals surface area contributed by atoms with Crippen molar-refractivity contribution in [2.45, 2.75) is 0 Å². The van der Waals surface area contributed by atoms with E-state index >= 15 is 0 Å². The van der Waals surface area contributed by atoms with Crippen molar-refractivity contribution in [1.29, 1.82) is 0 Å². The molecule has 0 saturated heterocycles. The van der Waals surface area contributed by atoms with E-state index in [1.54, 1.807) is 0 Å². The minimum absolute atomic E-state index is 0.713. The summed E-state index contributed by atoms with van der Waals surface area (Å²) in [6, 6.07) is 11.9. The highest BCUT2D eigenvalue weighted by molar-refractivity contribution is 9.11. The topological polar surface area (TPSA) is 0 Å². The molecule has 0 heterocycles. The van der Waals surface area contributed by atoms with Gasteiger partial charge in [0.25, 0.3) is 0 Å². The Morgan fingerprint density at radius 2 is 1.28 bits per heavy atom. The van der Waals surface area contributed by atoms with E-state index in [9.17, 15) is 0 Å². The van der Waals surface area contributed by atoms with Crippen LogP contribution in [0.3, 0.4) is 0 Å². The molecule has 0 aliphatic carbocycles. The predicted octanol–water partition coefficient (Wildman–Crippen LogP) is 6.82. The zero-order valence-corrected chi connectivity index (χ0v) is 13.7. The fourth-order valence-corrected chi connectivity index (χ4v) is 3.42. The zero-order chi connectivity index (χ0) is 12.9. The first-order valence-corrected chi connectivity index (χ1v) is 7.58.